The minimum Gasteiger partial charge on any atom is -0.461 e. The van der Waals surface area contributed by atoms with Gasteiger partial charge < -0.3 is 14.3 Å². The third kappa shape index (κ3) is 5.24. The number of aromatic nitrogens is 3. The SMILES string of the molecule is O=C(CSc1nnc(NC(=O)c2cc(-c3ccco3)on2)s1)NC1CCCCC1. The van der Waals surface area contributed by atoms with E-state index in [2.05, 4.69) is 26.0 Å². The number of furan rings is 1. The van der Waals surface area contributed by atoms with Crippen molar-refractivity contribution in [3.05, 3.63) is 30.2 Å². The number of thioether (sulfide) groups is 1. The van der Waals surface area contributed by atoms with E-state index in [-0.39, 0.29) is 23.4 Å². The van der Waals surface area contributed by atoms with E-state index in [4.69, 9.17) is 8.94 Å². The van der Waals surface area contributed by atoms with Gasteiger partial charge in [-0.2, -0.15) is 0 Å². The number of anilines is 1. The van der Waals surface area contributed by atoms with Crippen LogP contribution in [0, 0.1) is 0 Å². The molecule has 29 heavy (non-hydrogen) atoms. The largest absolute Gasteiger partial charge is 0.461 e. The smallest absolute Gasteiger partial charge is 0.279 e. The van der Waals surface area contributed by atoms with Gasteiger partial charge in [-0.05, 0) is 25.0 Å². The predicted molar refractivity (Wildman–Crippen MR) is 108 cm³/mol. The summed E-state index contributed by atoms with van der Waals surface area (Å²) in [7, 11) is 0. The molecule has 1 aliphatic rings. The molecule has 0 aliphatic heterocycles. The number of nitrogens with one attached hydrogen (secondary N) is 2. The molecular formula is C18H19N5O4S2. The van der Waals surface area contributed by atoms with Crippen molar-refractivity contribution in [3.63, 3.8) is 0 Å². The predicted octanol–water partition coefficient (Wildman–Crippen LogP) is 3.58. The average Bonchev–Trinajstić information content (AvgIpc) is 3.48. The maximum absolute atomic E-state index is 12.3. The molecule has 152 valence electrons. The standard InChI is InChI=1S/C18H19N5O4S2/c24-15(19-11-5-2-1-3-6-11)10-28-18-22-21-17(29-18)20-16(25)12-9-14(27-23-12)13-7-4-8-26-13/h4,7-9,11H,1-3,5-6,10H2,(H,19,24)(H,20,21,25). The zero-order valence-corrected chi connectivity index (χ0v) is 17.1. The van der Waals surface area contributed by atoms with Gasteiger partial charge in [-0.1, -0.05) is 47.5 Å². The highest BCUT2D eigenvalue weighted by molar-refractivity contribution is 8.01. The van der Waals surface area contributed by atoms with Gasteiger partial charge in [0.05, 0.1) is 12.0 Å². The Bertz CT molecular complexity index is 963. The summed E-state index contributed by atoms with van der Waals surface area (Å²) in [5.41, 5.74) is 0.104. The van der Waals surface area contributed by atoms with Crippen molar-refractivity contribution in [1.29, 1.82) is 0 Å². The number of nitrogens with zero attached hydrogens (tertiary/aromatic N) is 3. The summed E-state index contributed by atoms with van der Waals surface area (Å²) in [5, 5.41) is 17.7. The summed E-state index contributed by atoms with van der Waals surface area (Å²) >= 11 is 2.50. The number of hydrogen-bond acceptors (Lipinski definition) is 9. The van der Waals surface area contributed by atoms with Crippen molar-refractivity contribution in [2.75, 3.05) is 11.1 Å². The fraction of sp³-hybridized carbons (Fsp3) is 0.389. The van der Waals surface area contributed by atoms with Crippen LogP contribution in [-0.2, 0) is 4.79 Å². The topological polar surface area (TPSA) is 123 Å². The van der Waals surface area contributed by atoms with Gasteiger partial charge in [0.2, 0.25) is 16.8 Å². The average molecular weight is 434 g/mol. The third-order valence-corrected chi connectivity index (χ3v) is 6.40. The first-order valence-corrected chi connectivity index (χ1v) is 11.1. The van der Waals surface area contributed by atoms with Crippen molar-refractivity contribution < 1.29 is 18.5 Å². The molecule has 1 aliphatic carbocycles. The van der Waals surface area contributed by atoms with Gasteiger partial charge in [-0.15, -0.1) is 10.2 Å². The molecule has 0 saturated heterocycles. The Labute approximate surface area is 174 Å². The van der Waals surface area contributed by atoms with Crippen LogP contribution >= 0.6 is 23.1 Å². The Hall–Kier alpha value is -2.66. The van der Waals surface area contributed by atoms with E-state index in [1.165, 1.54) is 54.7 Å². The van der Waals surface area contributed by atoms with Crippen molar-refractivity contribution in [2.45, 2.75) is 42.5 Å². The lowest BCUT2D eigenvalue weighted by Gasteiger charge is -2.22. The monoisotopic (exact) mass is 433 g/mol. The van der Waals surface area contributed by atoms with Gasteiger partial charge in [-0.25, -0.2) is 0 Å². The molecule has 2 N–H and O–H groups in total. The molecule has 11 heteroatoms. The number of carbonyl (C=O) groups is 2. The molecule has 0 spiro atoms. The molecule has 0 unspecified atom stereocenters. The number of carbonyl (C=O) groups excluding carboxylic acids is 2. The van der Waals surface area contributed by atoms with Crippen LogP contribution in [0.3, 0.4) is 0 Å². The van der Waals surface area contributed by atoms with Gasteiger partial charge in [0, 0.05) is 12.1 Å². The lowest BCUT2D eigenvalue weighted by molar-refractivity contribution is -0.119. The summed E-state index contributed by atoms with van der Waals surface area (Å²) in [4.78, 5) is 24.4. The zero-order chi connectivity index (χ0) is 20.1. The molecule has 3 aromatic heterocycles. The van der Waals surface area contributed by atoms with Gasteiger partial charge in [-0.3, -0.25) is 14.9 Å². The number of amides is 2. The highest BCUT2D eigenvalue weighted by Gasteiger charge is 2.18. The maximum atomic E-state index is 12.3. The number of hydrogen-bond donors (Lipinski definition) is 2. The molecule has 1 fully saturated rings. The minimum atomic E-state index is -0.464. The van der Waals surface area contributed by atoms with Gasteiger partial charge in [0.1, 0.15) is 0 Å². The Morgan fingerprint density at radius 2 is 2.07 bits per heavy atom. The van der Waals surface area contributed by atoms with Crippen LogP contribution in [0.2, 0.25) is 0 Å². The fourth-order valence-corrected chi connectivity index (χ4v) is 4.60. The Morgan fingerprint density at radius 3 is 2.86 bits per heavy atom. The Morgan fingerprint density at radius 1 is 1.21 bits per heavy atom. The van der Waals surface area contributed by atoms with E-state index in [0.717, 1.165) is 12.8 Å². The summed E-state index contributed by atoms with van der Waals surface area (Å²) in [5.74, 6) is 0.648. The Balaban J connectivity index is 1.26. The first-order valence-electron chi connectivity index (χ1n) is 9.25. The van der Waals surface area contributed by atoms with E-state index >= 15 is 0 Å². The molecule has 0 bridgehead atoms. The lowest BCUT2D eigenvalue weighted by atomic mass is 9.95. The Kier molecular flexibility index (Phi) is 6.25. The summed E-state index contributed by atoms with van der Waals surface area (Å²) in [6.45, 7) is 0. The first kappa shape index (κ1) is 19.6. The second-order valence-electron chi connectivity index (χ2n) is 6.57. The first-order chi connectivity index (χ1) is 14.2. The summed E-state index contributed by atoms with van der Waals surface area (Å²) in [6, 6.07) is 5.20. The normalized spacial score (nSPS) is 14.6. The molecular weight excluding hydrogens is 414 g/mol. The third-order valence-electron chi connectivity index (χ3n) is 4.43. The summed E-state index contributed by atoms with van der Waals surface area (Å²) in [6.07, 6.45) is 7.20. The van der Waals surface area contributed by atoms with Crippen LogP contribution in [0.15, 0.2) is 37.7 Å². The molecule has 3 aromatic rings. The van der Waals surface area contributed by atoms with E-state index < -0.39 is 5.91 Å². The van der Waals surface area contributed by atoms with Crippen LogP contribution in [-0.4, -0.2) is 39.0 Å². The fourth-order valence-electron chi connectivity index (χ4n) is 3.04. The van der Waals surface area contributed by atoms with Crippen LogP contribution in [0.1, 0.15) is 42.6 Å². The molecule has 0 atom stereocenters. The van der Waals surface area contributed by atoms with Crippen LogP contribution in [0.25, 0.3) is 11.5 Å². The lowest BCUT2D eigenvalue weighted by Crippen LogP contribution is -2.37. The molecule has 3 heterocycles. The van der Waals surface area contributed by atoms with Crippen LogP contribution in [0.4, 0.5) is 5.13 Å². The van der Waals surface area contributed by atoms with E-state index in [1.807, 2.05) is 0 Å². The second-order valence-corrected chi connectivity index (χ2v) is 8.77. The highest BCUT2D eigenvalue weighted by atomic mass is 32.2. The van der Waals surface area contributed by atoms with Gasteiger partial charge in [0.25, 0.3) is 5.91 Å². The van der Waals surface area contributed by atoms with Crippen molar-refractivity contribution in [1.82, 2.24) is 20.7 Å². The molecule has 1 saturated carbocycles. The quantitative estimate of drug-likeness (QED) is 0.428. The van der Waals surface area contributed by atoms with E-state index in [9.17, 15) is 9.59 Å². The van der Waals surface area contributed by atoms with Gasteiger partial charge >= 0.3 is 0 Å². The van der Waals surface area contributed by atoms with Crippen LogP contribution in [0.5, 0.6) is 0 Å². The zero-order valence-electron chi connectivity index (χ0n) is 15.4. The molecule has 0 radical (unpaired) electrons. The van der Waals surface area contributed by atoms with Crippen molar-refractivity contribution in [2.24, 2.45) is 0 Å². The molecule has 0 aromatic carbocycles. The minimum absolute atomic E-state index is 0.00395. The molecule has 4 rings (SSSR count). The van der Waals surface area contributed by atoms with E-state index in [1.54, 1.807) is 12.1 Å². The highest BCUT2D eigenvalue weighted by Crippen LogP contribution is 2.26. The van der Waals surface area contributed by atoms with Crippen molar-refractivity contribution in [3.8, 4) is 11.5 Å². The molecule has 2 amide bonds. The number of rotatable bonds is 7. The molecule has 9 nitrogen and oxygen atoms in total. The summed E-state index contributed by atoms with van der Waals surface area (Å²) < 4.78 is 10.9. The second kappa shape index (κ2) is 9.23. The van der Waals surface area contributed by atoms with E-state index in [0.29, 0.717) is 21.0 Å². The van der Waals surface area contributed by atoms with Crippen molar-refractivity contribution >= 4 is 40.0 Å². The van der Waals surface area contributed by atoms with Gasteiger partial charge in [0.15, 0.2) is 15.8 Å². The van der Waals surface area contributed by atoms with Crippen LogP contribution < -0.4 is 10.6 Å². The maximum Gasteiger partial charge on any atom is 0.279 e.